The summed E-state index contributed by atoms with van der Waals surface area (Å²) in [5, 5.41) is 0.931. The average molecular weight is 171 g/mol. The zero-order chi connectivity index (χ0) is 7.68. The van der Waals surface area contributed by atoms with Gasteiger partial charge < -0.3 is 9.47 Å². The molecule has 0 radical (unpaired) electrons. The van der Waals surface area contributed by atoms with E-state index in [0.29, 0.717) is 13.2 Å². The molecule has 3 nitrogen and oxygen atoms in total. The Morgan fingerprint density at radius 1 is 1.55 bits per heavy atom. The van der Waals surface area contributed by atoms with Crippen LogP contribution in [0.4, 0.5) is 0 Å². The third-order valence-electron chi connectivity index (χ3n) is 1.46. The molecule has 0 N–H and O–H groups in total. The van der Waals surface area contributed by atoms with Gasteiger partial charge in [-0.3, -0.25) is 0 Å². The van der Waals surface area contributed by atoms with Crippen LogP contribution in [-0.2, 0) is 9.47 Å². The van der Waals surface area contributed by atoms with Crippen LogP contribution in [0.1, 0.15) is 16.2 Å². The summed E-state index contributed by atoms with van der Waals surface area (Å²) in [5.41, 5.74) is 0. The van der Waals surface area contributed by atoms with Crippen molar-refractivity contribution < 1.29 is 9.47 Å². The highest BCUT2D eigenvalue weighted by molar-refractivity contribution is 7.11. The number of hydrogen-bond acceptors (Lipinski definition) is 4. The van der Waals surface area contributed by atoms with Crippen LogP contribution in [0.5, 0.6) is 0 Å². The number of aromatic nitrogens is 1. The third kappa shape index (κ3) is 1.42. The van der Waals surface area contributed by atoms with Crippen LogP contribution in [0.15, 0.2) is 6.20 Å². The first-order chi connectivity index (χ1) is 5.36. The molecule has 1 aromatic rings. The molecule has 11 heavy (non-hydrogen) atoms. The highest BCUT2D eigenvalue weighted by atomic mass is 32.1. The third-order valence-corrected chi connectivity index (χ3v) is 2.40. The van der Waals surface area contributed by atoms with E-state index in [2.05, 4.69) is 4.98 Å². The van der Waals surface area contributed by atoms with Crippen molar-refractivity contribution >= 4 is 11.3 Å². The van der Waals surface area contributed by atoms with E-state index in [1.807, 2.05) is 13.1 Å². The zero-order valence-corrected chi connectivity index (χ0v) is 7.06. The standard InChI is InChI=1S/C7H9NO2S/c1-5-4-8-6(11-5)7-9-2-3-10-7/h4,7H,2-3H2,1H3. The lowest BCUT2D eigenvalue weighted by molar-refractivity contribution is -0.0442. The van der Waals surface area contributed by atoms with E-state index >= 15 is 0 Å². The Hall–Kier alpha value is -0.450. The van der Waals surface area contributed by atoms with Gasteiger partial charge in [-0.2, -0.15) is 0 Å². The molecule has 1 aliphatic heterocycles. The fourth-order valence-electron chi connectivity index (χ4n) is 0.982. The highest BCUT2D eigenvalue weighted by Gasteiger charge is 2.20. The lowest BCUT2D eigenvalue weighted by Crippen LogP contribution is -1.95. The minimum atomic E-state index is -0.200. The molecule has 2 rings (SSSR count). The molecular weight excluding hydrogens is 162 g/mol. The van der Waals surface area contributed by atoms with Crippen molar-refractivity contribution in [2.45, 2.75) is 13.2 Å². The Bertz CT molecular complexity index is 242. The molecule has 0 spiro atoms. The summed E-state index contributed by atoms with van der Waals surface area (Å²) < 4.78 is 10.6. The number of rotatable bonds is 1. The zero-order valence-electron chi connectivity index (χ0n) is 6.24. The normalized spacial score (nSPS) is 19.4. The van der Waals surface area contributed by atoms with Crippen molar-refractivity contribution in [1.82, 2.24) is 4.98 Å². The maximum atomic E-state index is 5.28. The summed E-state index contributed by atoms with van der Waals surface area (Å²) in [7, 11) is 0. The molecule has 0 aromatic carbocycles. The molecular formula is C7H9NO2S. The van der Waals surface area contributed by atoms with E-state index < -0.39 is 0 Å². The van der Waals surface area contributed by atoms with E-state index in [9.17, 15) is 0 Å². The average Bonchev–Trinajstić information content (AvgIpc) is 2.55. The topological polar surface area (TPSA) is 31.4 Å². The molecule has 4 heteroatoms. The highest BCUT2D eigenvalue weighted by Crippen LogP contribution is 2.26. The van der Waals surface area contributed by atoms with Gasteiger partial charge in [-0.25, -0.2) is 4.98 Å². The summed E-state index contributed by atoms with van der Waals surface area (Å²) in [4.78, 5) is 5.36. The monoisotopic (exact) mass is 171 g/mol. The molecule has 2 heterocycles. The van der Waals surface area contributed by atoms with E-state index in [1.165, 1.54) is 4.88 Å². The lowest BCUT2D eigenvalue weighted by Gasteiger charge is -2.02. The minimum absolute atomic E-state index is 0.200. The van der Waals surface area contributed by atoms with Crippen LogP contribution in [0.3, 0.4) is 0 Å². The maximum Gasteiger partial charge on any atom is 0.211 e. The Morgan fingerprint density at radius 2 is 2.27 bits per heavy atom. The molecule has 0 atom stereocenters. The second-order valence-electron chi connectivity index (χ2n) is 2.38. The SMILES string of the molecule is Cc1cnc(C2OCCO2)s1. The summed E-state index contributed by atoms with van der Waals surface area (Å²) in [5.74, 6) is 0. The fraction of sp³-hybridized carbons (Fsp3) is 0.571. The van der Waals surface area contributed by atoms with Gasteiger partial charge in [-0.1, -0.05) is 0 Å². The van der Waals surface area contributed by atoms with Crippen molar-refractivity contribution in [3.8, 4) is 0 Å². The Labute approximate surface area is 69.0 Å². The smallest absolute Gasteiger partial charge is 0.211 e. The van der Waals surface area contributed by atoms with Gasteiger partial charge in [0.15, 0.2) is 0 Å². The van der Waals surface area contributed by atoms with Gasteiger partial charge in [0.25, 0.3) is 0 Å². The minimum Gasteiger partial charge on any atom is -0.344 e. The number of nitrogens with zero attached hydrogens (tertiary/aromatic N) is 1. The number of thiazole rings is 1. The van der Waals surface area contributed by atoms with Crippen molar-refractivity contribution in [3.63, 3.8) is 0 Å². The first kappa shape index (κ1) is 7.21. The molecule has 0 aliphatic carbocycles. The van der Waals surface area contributed by atoms with E-state index in [1.54, 1.807) is 11.3 Å². The summed E-state index contributed by atoms with van der Waals surface area (Å²) in [6.07, 6.45) is 1.64. The molecule has 1 aromatic heterocycles. The quantitative estimate of drug-likeness (QED) is 0.641. The van der Waals surface area contributed by atoms with E-state index in [-0.39, 0.29) is 6.29 Å². The molecule has 1 aliphatic rings. The Kier molecular flexibility index (Phi) is 1.89. The fourth-order valence-corrected chi connectivity index (χ4v) is 1.76. The first-order valence-corrected chi connectivity index (χ1v) is 4.33. The van der Waals surface area contributed by atoms with Gasteiger partial charge in [0.05, 0.1) is 13.2 Å². The van der Waals surface area contributed by atoms with E-state index in [0.717, 1.165) is 5.01 Å². The van der Waals surface area contributed by atoms with Gasteiger partial charge in [0.2, 0.25) is 6.29 Å². The largest absolute Gasteiger partial charge is 0.344 e. The van der Waals surface area contributed by atoms with Crippen LogP contribution >= 0.6 is 11.3 Å². The van der Waals surface area contributed by atoms with Gasteiger partial charge in [-0.05, 0) is 6.92 Å². The summed E-state index contributed by atoms with van der Waals surface area (Å²) in [6.45, 7) is 3.39. The predicted octanol–water partition coefficient (Wildman–Crippen LogP) is 1.50. The summed E-state index contributed by atoms with van der Waals surface area (Å²) in [6, 6.07) is 0. The summed E-state index contributed by atoms with van der Waals surface area (Å²) >= 11 is 1.62. The first-order valence-electron chi connectivity index (χ1n) is 3.52. The molecule has 60 valence electrons. The lowest BCUT2D eigenvalue weighted by atomic mass is 10.6. The van der Waals surface area contributed by atoms with Crippen molar-refractivity contribution in [3.05, 3.63) is 16.1 Å². The Morgan fingerprint density at radius 3 is 2.82 bits per heavy atom. The molecule has 0 bridgehead atoms. The number of ether oxygens (including phenoxy) is 2. The number of aryl methyl sites for hydroxylation is 1. The Balaban J connectivity index is 2.15. The molecule has 0 amide bonds. The van der Waals surface area contributed by atoms with Crippen molar-refractivity contribution in [2.24, 2.45) is 0 Å². The molecule has 0 unspecified atom stereocenters. The van der Waals surface area contributed by atoms with Crippen LogP contribution < -0.4 is 0 Å². The van der Waals surface area contributed by atoms with Gasteiger partial charge in [0.1, 0.15) is 5.01 Å². The second kappa shape index (κ2) is 2.89. The van der Waals surface area contributed by atoms with Crippen LogP contribution in [-0.4, -0.2) is 18.2 Å². The van der Waals surface area contributed by atoms with Crippen LogP contribution in [0.25, 0.3) is 0 Å². The van der Waals surface area contributed by atoms with Gasteiger partial charge in [-0.15, -0.1) is 11.3 Å². The van der Waals surface area contributed by atoms with Crippen molar-refractivity contribution in [1.29, 1.82) is 0 Å². The molecule has 1 saturated heterocycles. The molecule has 0 saturated carbocycles. The van der Waals surface area contributed by atoms with Crippen LogP contribution in [0, 0.1) is 6.92 Å². The van der Waals surface area contributed by atoms with E-state index in [4.69, 9.17) is 9.47 Å². The second-order valence-corrected chi connectivity index (χ2v) is 3.65. The number of hydrogen-bond donors (Lipinski definition) is 0. The van der Waals surface area contributed by atoms with Gasteiger partial charge >= 0.3 is 0 Å². The van der Waals surface area contributed by atoms with Gasteiger partial charge in [0, 0.05) is 11.1 Å². The predicted molar refractivity (Wildman–Crippen MR) is 41.5 cm³/mol. The molecule has 1 fully saturated rings. The van der Waals surface area contributed by atoms with Crippen molar-refractivity contribution in [2.75, 3.05) is 13.2 Å². The van der Waals surface area contributed by atoms with Crippen LogP contribution in [0.2, 0.25) is 0 Å². The maximum absolute atomic E-state index is 5.28.